The minimum absolute atomic E-state index is 0.183. The van der Waals surface area contributed by atoms with Crippen LogP contribution in [-0.4, -0.2) is 25.8 Å². The van der Waals surface area contributed by atoms with Gasteiger partial charge in [-0.15, -0.1) is 0 Å². The van der Waals surface area contributed by atoms with Crippen molar-refractivity contribution in [3.05, 3.63) is 17.9 Å². The van der Waals surface area contributed by atoms with Crippen LogP contribution in [-0.2, 0) is 14.3 Å². The molecule has 0 atom stereocenters. The Kier molecular flexibility index (Phi) is 2.16. The second kappa shape index (κ2) is 3.24. The van der Waals surface area contributed by atoms with Crippen molar-refractivity contribution in [2.75, 3.05) is 7.11 Å². The van der Waals surface area contributed by atoms with Crippen LogP contribution in [0.2, 0.25) is 0 Å². The second-order valence-corrected chi connectivity index (χ2v) is 4.31. The molecule has 0 spiro atoms. The van der Waals surface area contributed by atoms with Crippen molar-refractivity contribution in [1.82, 2.24) is 10.3 Å². The fourth-order valence-corrected chi connectivity index (χ4v) is 1.89. The Morgan fingerprint density at radius 1 is 1.33 bits per heavy atom. The molecule has 0 aliphatic heterocycles. The average Bonchev–Trinajstić information content (AvgIpc) is 2.67. The van der Waals surface area contributed by atoms with Gasteiger partial charge in [-0.25, -0.2) is 9.02 Å². The lowest BCUT2D eigenvalue weighted by molar-refractivity contribution is 0.314. The molecular weight excluding hydrogens is 227 g/mol. The Labute approximate surface area is 83.7 Å². The summed E-state index contributed by atoms with van der Waals surface area (Å²) in [4.78, 5) is -0.275. The van der Waals surface area contributed by atoms with Gasteiger partial charge in [-0.05, 0) is 22.4 Å². The van der Waals surface area contributed by atoms with Gasteiger partial charge in [0, 0.05) is 0 Å². The Balaban J connectivity index is 2.84. The Bertz CT molecular complexity index is 606. The smallest absolute Gasteiger partial charge is 0.270 e. The van der Waals surface area contributed by atoms with E-state index in [4.69, 9.17) is 0 Å². The van der Waals surface area contributed by atoms with E-state index < -0.39 is 15.9 Å². The van der Waals surface area contributed by atoms with Crippen LogP contribution in [0, 0.1) is 5.82 Å². The lowest BCUT2D eigenvalue weighted by Crippen LogP contribution is -2.04. The molecule has 0 fully saturated rings. The minimum atomic E-state index is -3.94. The van der Waals surface area contributed by atoms with Crippen molar-refractivity contribution in [2.45, 2.75) is 4.90 Å². The molecule has 0 unspecified atom stereocenters. The summed E-state index contributed by atoms with van der Waals surface area (Å²) in [5, 5.41) is 6.55. The van der Waals surface area contributed by atoms with Crippen molar-refractivity contribution in [2.24, 2.45) is 0 Å². The van der Waals surface area contributed by atoms with Gasteiger partial charge in [0.2, 0.25) is 0 Å². The zero-order chi connectivity index (χ0) is 11.1. The highest BCUT2D eigenvalue weighted by atomic mass is 32.2. The summed E-state index contributed by atoms with van der Waals surface area (Å²) in [7, 11) is -2.94. The number of nitrogens with zero attached hydrogens (tertiary/aromatic N) is 2. The molecule has 6 nitrogen and oxygen atoms in total. The van der Waals surface area contributed by atoms with E-state index in [-0.39, 0.29) is 15.9 Å². The standard InChI is InChI=1S/C7H5FN2O4S/c1-13-15(11,12)5-3-2-4(8)6-7(5)10-14-9-6/h2-3H,1H3. The van der Waals surface area contributed by atoms with E-state index in [2.05, 4.69) is 19.1 Å². The van der Waals surface area contributed by atoms with E-state index >= 15 is 0 Å². The summed E-state index contributed by atoms with van der Waals surface area (Å²) in [5.74, 6) is -0.707. The average molecular weight is 232 g/mol. The molecule has 1 aromatic carbocycles. The molecular formula is C7H5FN2O4S. The summed E-state index contributed by atoms with van der Waals surface area (Å²) in [6, 6.07) is 2.00. The normalized spacial score (nSPS) is 12.1. The van der Waals surface area contributed by atoms with E-state index in [1.165, 1.54) is 0 Å². The number of halogens is 1. The predicted molar refractivity (Wildman–Crippen MR) is 46.0 cm³/mol. The summed E-state index contributed by atoms with van der Waals surface area (Å²) in [6.07, 6.45) is 0. The van der Waals surface area contributed by atoms with Crippen LogP contribution in [0.25, 0.3) is 11.0 Å². The van der Waals surface area contributed by atoms with Crippen molar-refractivity contribution in [1.29, 1.82) is 0 Å². The molecule has 2 aromatic rings. The summed E-state index contributed by atoms with van der Waals surface area (Å²) >= 11 is 0. The maximum Gasteiger partial charge on any atom is 0.299 e. The molecule has 15 heavy (non-hydrogen) atoms. The summed E-state index contributed by atoms with van der Waals surface area (Å²) in [6.45, 7) is 0. The van der Waals surface area contributed by atoms with Crippen molar-refractivity contribution < 1.29 is 21.6 Å². The van der Waals surface area contributed by atoms with Gasteiger partial charge in [0.25, 0.3) is 10.1 Å². The van der Waals surface area contributed by atoms with E-state index in [1.54, 1.807) is 0 Å². The number of fused-ring (bicyclic) bond motifs is 1. The first-order valence-electron chi connectivity index (χ1n) is 3.77. The number of hydrogen-bond donors (Lipinski definition) is 0. The molecule has 0 aliphatic rings. The van der Waals surface area contributed by atoms with E-state index in [0.29, 0.717) is 0 Å². The molecule has 80 valence electrons. The monoisotopic (exact) mass is 232 g/mol. The number of aromatic nitrogens is 2. The first-order chi connectivity index (χ1) is 7.06. The van der Waals surface area contributed by atoms with E-state index in [1.807, 2.05) is 0 Å². The molecule has 0 bridgehead atoms. The number of benzene rings is 1. The highest BCUT2D eigenvalue weighted by Crippen LogP contribution is 2.23. The molecule has 8 heteroatoms. The summed E-state index contributed by atoms with van der Waals surface area (Å²) in [5.41, 5.74) is -0.426. The Morgan fingerprint density at radius 2 is 2.00 bits per heavy atom. The quantitative estimate of drug-likeness (QED) is 0.708. The van der Waals surface area contributed by atoms with E-state index in [9.17, 15) is 12.8 Å². The first kappa shape index (κ1) is 9.99. The van der Waals surface area contributed by atoms with Gasteiger partial charge in [0.15, 0.2) is 16.9 Å². The molecule has 0 N–H and O–H groups in total. The van der Waals surface area contributed by atoms with Gasteiger partial charge in [-0.3, -0.25) is 4.18 Å². The van der Waals surface area contributed by atoms with Crippen LogP contribution in [0.3, 0.4) is 0 Å². The minimum Gasteiger partial charge on any atom is -0.270 e. The van der Waals surface area contributed by atoms with Crippen LogP contribution in [0.5, 0.6) is 0 Å². The third-order valence-electron chi connectivity index (χ3n) is 1.82. The molecule has 1 aromatic heterocycles. The first-order valence-corrected chi connectivity index (χ1v) is 5.18. The lowest BCUT2D eigenvalue weighted by atomic mass is 10.3. The predicted octanol–water partition coefficient (Wildman–Crippen LogP) is 0.697. The van der Waals surface area contributed by atoms with Gasteiger partial charge in [0.1, 0.15) is 4.90 Å². The second-order valence-electron chi connectivity index (χ2n) is 2.63. The Hall–Kier alpha value is -1.54. The maximum absolute atomic E-state index is 13.1. The van der Waals surface area contributed by atoms with Crippen LogP contribution < -0.4 is 0 Å². The maximum atomic E-state index is 13.1. The molecule has 0 saturated heterocycles. The number of rotatable bonds is 2. The van der Waals surface area contributed by atoms with Crippen molar-refractivity contribution in [3.8, 4) is 0 Å². The number of hydrogen-bond acceptors (Lipinski definition) is 6. The topological polar surface area (TPSA) is 82.3 Å². The zero-order valence-corrected chi connectivity index (χ0v) is 8.28. The van der Waals surface area contributed by atoms with Gasteiger partial charge < -0.3 is 0 Å². The molecule has 0 amide bonds. The van der Waals surface area contributed by atoms with Gasteiger partial charge in [0.05, 0.1) is 7.11 Å². The molecule has 0 radical (unpaired) electrons. The van der Waals surface area contributed by atoms with Crippen LogP contribution in [0.1, 0.15) is 0 Å². The van der Waals surface area contributed by atoms with Gasteiger partial charge >= 0.3 is 0 Å². The third kappa shape index (κ3) is 1.47. The molecule has 0 aliphatic carbocycles. The fraction of sp³-hybridized carbons (Fsp3) is 0.143. The molecule has 2 rings (SSSR count). The van der Waals surface area contributed by atoms with Crippen LogP contribution >= 0.6 is 0 Å². The highest BCUT2D eigenvalue weighted by molar-refractivity contribution is 7.87. The van der Waals surface area contributed by atoms with Crippen molar-refractivity contribution >= 4 is 21.2 Å². The van der Waals surface area contributed by atoms with Crippen LogP contribution in [0.4, 0.5) is 4.39 Å². The lowest BCUT2D eigenvalue weighted by Gasteiger charge is -2.00. The van der Waals surface area contributed by atoms with Crippen LogP contribution in [0.15, 0.2) is 21.7 Å². The third-order valence-corrected chi connectivity index (χ3v) is 3.12. The summed E-state index contributed by atoms with van der Waals surface area (Å²) < 4.78 is 44.4. The highest BCUT2D eigenvalue weighted by Gasteiger charge is 2.21. The SMILES string of the molecule is COS(=O)(=O)c1ccc(F)c2nonc12. The largest absolute Gasteiger partial charge is 0.299 e. The van der Waals surface area contributed by atoms with Gasteiger partial charge in [-0.2, -0.15) is 8.42 Å². The zero-order valence-electron chi connectivity index (χ0n) is 7.47. The van der Waals surface area contributed by atoms with Crippen molar-refractivity contribution in [3.63, 3.8) is 0 Å². The molecule has 1 heterocycles. The molecule has 0 saturated carbocycles. The van der Waals surface area contributed by atoms with Gasteiger partial charge in [-0.1, -0.05) is 0 Å². The Morgan fingerprint density at radius 3 is 2.67 bits per heavy atom. The van der Waals surface area contributed by atoms with E-state index in [0.717, 1.165) is 19.2 Å². The fourth-order valence-electron chi connectivity index (χ4n) is 1.11.